The number of nitrogens with two attached hydrogens (primary N) is 1. The van der Waals surface area contributed by atoms with Gasteiger partial charge in [0.1, 0.15) is 41.2 Å². The van der Waals surface area contributed by atoms with Crippen molar-refractivity contribution in [3.8, 4) is 29.1 Å². The minimum atomic E-state index is -0.604. The maximum absolute atomic E-state index is 12.7. The Morgan fingerprint density at radius 3 is 2.38 bits per heavy atom. The van der Waals surface area contributed by atoms with Gasteiger partial charge in [-0.3, -0.25) is 0 Å². The number of ether oxygens (including phenoxy) is 4. The first-order valence-corrected chi connectivity index (χ1v) is 12.9. The molecule has 0 spiro atoms. The first kappa shape index (κ1) is 26.9. The van der Waals surface area contributed by atoms with Crippen LogP contribution in [0.4, 0.5) is 0 Å². The molecule has 1 aliphatic rings. The molecule has 1 heterocycles. The number of carbonyl (C=O) groups excluding carboxylic acids is 1. The summed E-state index contributed by atoms with van der Waals surface area (Å²) in [6.07, 6.45) is 0. The van der Waals surface area contributed by atoms with Crippen molar-refractivity contribution in [3.63, 3.8) is 0 Å². The maximum Gasteiger partial charge on any atom is 0.343 e. The number of hydrogen-bond donors (Lipinski definition) is 1. The van der Waals surface area contributed by atoms with Gasteiger partial charge in [0.15, 0.2) is 0 Å². The van der Waals surface area contributed by atoms with Crippen LogP contribution in [0, 0.1) is 11.3 Å². The molecule has 1 atom stereocenters. The third kappa shape index (κ3) is 5.69. The lowest BCUT2D eigenvalue weighted by atomic mass is 9.83. The largest absolute Gasteiger partial charge is 0.495 e. The van der Waals surface area contributed by atoms with E-state index in [0.717, 1.165) is 11.1 Å². The summed E-state index contributed by atoms with van der Waals surface area (Å²) in [6.45, 7) is 0.386. The number of benzene rings is 4. The summed E-state index contributed by atoms with van der Waals surface area (Å²) in [7, 11) is 1.49. The van der Waals surface area contributed by atoms with Crippen LogP contribution in [0.3, 0.4) is 0 Å². The molecule has 9 heteroatoms. The quantitative estimate of drug-likeness (QED) is 0.187. The van der Waals surface area contributed by atoms with Gasteiger partial charge in [0, 0.05) is 16.7 Å². The van der Waals surface area contributed by atoms with Crippen molar-refractivity contribution in [2.75, 3.05) is 7.11 Å². The van der Waals surface area contributed by atoms with Crippen LogP contribution in [-0.2, 0) is 6.61 Å². The number of halogens is 2. The van der Waals surface area contributed by atoms with E-state index in [9.17, 15) is 10.1 Å². The Hall–Kier alpha value is -4.64. The van der Waals surface area contributed by atoms with Crippen molar-refractivity contribution < 1.29 is 23.7 Å². The van der Waals surface area contributed by atoms with Gasteiger partial charge in [-0.15, -0.1) is 0 Å². The lowest BCUT2D eigenvalue weighted by Gasteiger charge is -2.26. The molecular weight excluding hydrogens is 551 g/mol. The summed E-state index contributed by atoms with van der Waals surface area (Å²) in [5, 5.41) is 10.8. The number of esters is 1. The van der Waals surface area contributed by atoms with Crippen molar-refractivity contribution in [1.29, 1.82) is 5.26 Å². The highest BCUT2D eigenvalue weighted by molar-refractivity contribution is 6.32. The molecule has 200 valence electrons. The highest BCUT2D eigenvalue weighted by atomic mass is 35.5. The summed E-state index contributed by atoms with van der Waals surface area (Å²) in [4.78, 5) is 12.7. The fourth-order valence-electron chi connectivity index (χ4n) is 4.31. The van der Waals surface area contributed by atoms with Gasteiger partial charge in [-0.1, -0.05) is 53.5 Å². The van der Waals surface area contributed by atoms with E-state index >= 15 is 0 Å². The predicted molar refractivity (Wildman–Crippen MR) is 151 cm³/mol. The van der Waals surface area contributed by atoms with Crippen molar-refractivity contribution >= 4 is 29.2 Å². The van der Waals surface area contributed by atoms with Crippen LogP contribution in [0.5, 0.6) is 23.0 Å². The molecule has 4 aromatic rings. The molecule has 0 aliphatic carbocycles. The van der Waals surface area contributed by atoms with Crippen molar-refractivity contribution in [1.82, 2.24) is 0 Å². The highest BCUT2D eigenvalue weighted by Gasteiger charge is 2.31. The normalized spacial score (nSPS) is 14.0. The molecule has 1 aliphatic heterocycles. The van der Waals surface area contributed by atoms with E-state index in [0.29, 0.717) is 34.4 Å². The molecule has 0 saturated carbocycles. The first-order valence-electron chi connectivity index (χ1n) is 12.1. The number of carbonyl (C=O) groups is 1. The van der Waals surface area contributed by atoms with Crippen LogP contribution < -0.4 is 24.7 Å². The SMILES string of the molecule is COc1ccc(C(=O)Oc2ccc3c(c2)OC(N)=C(C#N)C3c2ccc(OCc3ccc(Cl)cc3)cc2)cc1Cl. The molecule has 0 radical (unpaired) electrons. The second kappa shape index (κ2) is 11.6. The van der Waals surface area contributed by atoms with Crippen LogP contribution >= 0.6 is 23.2 Å². The van der Waals surface area contributed by atoms with Gasteiger partial charge in [-0.25, -0.2) is 4.79 Å². The summed E-state index contributed by atoms with van der Waals surface area (Å²) >= 11 is 12.1. The molecular formula is C31H22Cl2N2O5. The van der Waals surface area contributed by atoms with E-state index in [1.807, 2.05) is 48.5 Å². The number of rotatable bonds is 7. The van der Waals surface area contributed by atoms with Gasteiger partial charge < -0.3 is 24.7 Å². The van der Waals surface area contributed by atoms with Gasteiger partial charge in [0.05, 0.1) is 23.6 Å². The number of nitriles is 1. The number of fused-ring (bicyclic) bond motifs is 1. The van der Waals surface area contributed by atoms with Crippen LogP contribution in [0.15, 0.2) is 96.4 Å². The average molecular weight is 573 g/mol. The fourth-order valence-corrected chi connectivity index (χ4v) is 4.69. The Bertz CT molecular complexity index is 1640. The lowest BCUT2D eigenvalue weighted by Crippen LogP contribution is -2.21. The molecule has 0 amide bonds. The molecule has 2 N–H and O–H groups in total. The molecule has 0 fully saturated rings. The standard InChI is InChI=1S/C31H22Cl2N2O5/c1-37-27-13-6-20(14-26(27)33)31(36)39-23-11-12-24-28(15-23)40-30(35)25(16-34)29(24)19-4-9-22(10-5-19)38-17-18-2-7-21(32)8-3-18/h2-15,29H,17,35H2,1H3. The smallest absolute Gasteiger partial charge is 0.343 e. The fraction of sp³-hybridized carbons (Fsp3) is 0.0968. The van der Waals surface area contributed by atoms with E-state index in [4.69, 9.17) is 47.9 Å². The van der Waals surface area contributed by atoms with Crippen LogP contribution in [0.1, 0.15) is 33.0 Å². The van der Waals surface area contributed by atoms with E-state index in [1.165, 1.54) is 13.2 Å². The number of hydrogen-bond acceptors (Lipinski definition) is 7. The summed E-state index contributed by atoms with van der Waals surface area (Å²) in [6, 6.07) is 26.6. The summed E-state index contributed by atoms with van der Waals surface area (Å²) in [5.74, 6) is 0.631. The lowest BCUT2D eigenvalue weighted by molar-refractivity contribution is 0.0734. The van der Waals surface area contributed by atoms with Crippen molar-refractivity contribution in [3.05, 3.63) is 129 Å². The van der Waals surface area contributed by atoms with Crippen LogP contribution in [0.2, 0.25) is 10.0 Å². The molecule has 4 aromatic carbocycles. The van der Waals surface area contributed by atoms with Crippen molar-refractivity contribution in [2.24, 2.45) is 5.73 Å². The molecule has 5 rings (SSSR count). The Kier molecular flexibility index (Phi) is 7.83. The predicted octanol–water partition coefficient (Wildman–Crippen LogP) is 7.02. The molecule has 0 saturated heterocycles. The number of nitrogens with zero attached hydrogens (tertiary/aromatic N) is 1. The van der Waals surface area contributed by atoms with E-state index < -0.39 is 11.9 Å². The van der Waals surface area contributed by atoms with E-state index in [1.54, 1.807) is 30.3 Å². The number of allylic oxidation sites excluding steroid dienone is 1. The number of methoxy groups -OCH3 is 1. The Morgan fingerprint density at radius 2 is 1.70 bits per heavy atom. The summed E-state index contributed by atoms with van der Waals surface area (Å²) in [5.41, 5.74) is 9.18. The van der Waals surface area contributed by atoms with Crippen LogP contribution in [0.25, 0.3) is 0 Å². The molecule has 0 bridgehead atoms. The third-order valence-electron chi connectivity index (χ3n) is 6.32. The van der Waals surface area contributed by atoms with Gasteiger partial charge in [0.25, 0.3) is 0 Å². The third-order valence-corrected chi connectivity index (χ3v) is 6.87. The van der Waals surface area contributed by atoms with Crippen LogP contribution in [-0.4, -0.2) is 13.1 Å². The molecule has 7 nitrogen and oxygen atoms in total. The maximum atomic E-state index is 12.7. The monoisotopic (exact) mass is 572 g/mol. The minimum absolute atomic E-state index is 0.0199. The topological polar surface area (TPSA) is 104 Å². The zero-order valence-electron chi connectivity index (χ0n) is 21.2. The molecule has 1 unspecified atom stereocenters. The Labute approximate surface area is 240 Å². The highest BCUT2D eigenvalue weighted by Crippen LogP contribution is 2.43. The second-order valence-corrected chi connectivity index (χ2v) is 9.69. The molecule has 0 aromatic heterocycles. The van der Waals surface area contributed by atoms with Gasteiger partial charge in [-0.2, -0.15) is 5.26 Å². The average Bonchev–Trinajstić information content (AvgIpc) is 2.96. The van der Waals surface area contributed by atoms with Crippen molar-refractivity contribution in [2.45, 2.75) is 12.5 Å². The second-order valence-electron chi connectivity index (χ2n) is 8.85. The Morgan fingerprint density at radius 1 is 0.975 bits per heavy atom. The zero-order valence-corrected chi connectivity index (χ0v) is 22.7. The van der Waals surface area contributed by atoms with Gasteiger partial charge in [-0.05, 0) is 59.7 Å². The van der Waals surface area contributed by atoms with Gasteiger partial charge >= 0.3 is 5.97 Å². The zero-order chi connectivity index (χ0) is 28.2. The van der Waals surface area contributed by atoms with E-state index in [2.05, 4.69) is 6.07 Å². The minimum Gasteiger partial charge on any atom is -0.495 e. The van der Waals surface area contributed by atoms with E-state index in [-0.39, 0.29) is 27.8 Å². The summed E-state index contributed by atoms with van der Waals surface area (Å²) < 4.78 is 22.3. The van der Waals surface area contributed by atoms with Gasteiger partial charge in [0.2, 0.25) is 5.88 Å². The molecule has 40 heavy (non-hydrogen) atoms. The first-order chi connectivity index (χ1) is 19.4. The Balaban J connectivity index is 1.36.